The molecule has 1 aromatic carbocycles. The van der Waals surface area contributed by atoms with Gasteiger partial charge in [0.2, 0.25) is 5.91 Å². The summed E-state index contributed by atoms with van der Waals surface area (Å²) in [4.78, 5) is 19.1. The number of ether oxygens (including phenoxy) is 2. The summed E-state index contributed by atoms with van der Waals surface area (Å²) < 4.78 is 10.5. The highest BCUT2D eigenvalue weighted by Crippen LogP contribution is 2.31. The van der Waals surface area contributed by atoms with Gasteiger partial charge in [0.25, 0.3) is 0 Å². The second-order valence-corrected chi connectivity index (χ2v) is 6.70. The van der Waals surface area contributed by atoms with Crippen LogP contribution in [0.15, 0.2) is 42.7 Å². The zero-order chi connectivity index (χ0) is 19.1. The van der Waals surface area contributed by atoms with Crippen LogP contribution in [0.2, 0.25) is 0 Å². The van der Waals surface area contributed by atoms with E-state index >= 15 is 0 Å². The summed E-state index contributed by atoms with van der Waals surface area (Å²) in [6.07, 6.45) is 7.67. The second kappa shape index (κ2) is 9.37. The Balaban J connectivity index is 1.59. The Morgan fingerprint density at radius 3 is 2.89 bits per heavy atom. The summed E-state index contributed by atoms with van der Waals surface area (Å²) >= 11 is 0. The van der Waals surface area contributed by atoms with Crippen molar-refractivity contribution in [1.29, 1.82) is 0 Å². The number of nitrogens with one attached hydrogen (secondary N) is 1. The maximum absolute atomic E-state index is 12.5. The molecule has 1 aliphatic heterocycles. The summed E-state index contributed by atoms with van der Waals surface area (Å²) in [6.45, 7) is 1.74. The molecule has 0 unspecified atom stereocenters. The van der Waals surface area contributed by atoms with Crippen molar-refractivity contribution in [3.8, 4) is 11.5 Å². The van der Waals surface area contributed by atoms with Gasteiger partial charge in [-0.05, 0) is 43.1 Å². The number of likely N-dealkylation sites (tertiary alicyclic amines) is 1. The van der Waals surface area contributed by atoms with E-state index in [1.807, 2.05) is 12.3 Å². The first-order valence-electron chi connectivity index (χ1n) is 9.37. The van der Waals surface area contributed by atoms with Gasteiger partial charge >= 0.3 is 0 Å². The van der Waals surface area contributed by atoms with Crippen LogP contribution in [0.25, 0.3) is 0 Å². The summed E-state index contributed by atoms with van der Waals surface area (Å²) in [6, 6.07) is 9.81. The van der Waals surface area contributed by atoms with Gasteiger partial charge in [0, 0.05) is 37.5 Å². The molecule has 1 aliphatic rings. The van der Waals surface area contributed by atoms with Crippen molar-refractivity contribution in [3.63, 3.8) is 0 Å². The number of amides is 1. The Morgan fingerprint density at radius 1 is 1.26 bits per heavy atom. The SMILES string of the molecule is COc1ccc(NC(=O)CCN2CCCC[C@@H]2c2cccnc2)c(OC)c1. The van der Waals surface area contributed by atoms with Crippen molar-refractivity contribution in [2.24, 2.45) is 0 Å². The van der Waals surface area contributed by atoms with Gasteiger partial charge in [0.1, 0.15) is 11.5 Å². The third-order valence-electron chi connectivity index (χ3n) is 4.99. The van der Waals surface area contributed by atoms with Crippen molar-refractivity contribution < 1.29 is 14.3 Å². The first-order chi connectivity index (χ1) is 13.2. The molecule has 1 amide bonds. The lowest BCUT2D eigenvalue weighted by molar-refractivity contribution is -0.116. The van der Waals surface area contributed by atoms with Gasteiger partial charge in [-0.15, -0.1) is 0 Å². The van der Waals surface area contributed by atoms with Crippen molar-refractivity contribution >= 4 is 11.6 Å². The van der Waals surface area contributed by atoms with Crippen LogP contribution in [0.4, 0.5) is 5.69 Å². The highest BCUT2D eigenvalue weighted by atomic mass is 16.5. The minimum Gasteiger partial charge on any atom is -0.497 e. The minimum absolute atomic E-state index is 0.0195. The minimum atomic E-state index is -0.0195. The Labute approximate surface area is 160 Å². The number of methoxy groups -OCH3 is 2. The molecule has 2 aromatic rings. The normalized spacial score (nSPS) is 17.3. The fourth-order valence-electron chi connectivity index (χ4n) is 3.57. The average Bonchev–Trinajstić information content (AvgIpc) is 2.73. The molecule has 0 bridgehead atoms. The van der Waals surface area contributed by atoms with Gasteiger partial charge in [-0.3, -0.25) is 14.7 Å². The van der Waals surface area contributed by atoms with Crippen LogP contribution in [0.5, 0.6) is 11.5 Å². The van der Waals surface area contributed by atoms with Crippen molar-refractivity contribution in [2.75, 3.05) is 32.6 Å². The summed E-state index contributed by atoms with van der Waals surface area (Å²) in [5.74, 6) is 1.26. The molecule has 1 atom stereocenters. The highest BCUT2D eigenvalue weighted by molar-refractivity contribution is 5.92. The van der Waals surface area contributed by atoms with E-state index in [4.69, 9.17) is 9.47 Å². The summed E-state index contributed by atoms with van der Waals surface area (Å²) in [7, 11) is 3.18. The highest BCUT2D eigenvalue weighted by Gasteiger charge is 2.24. The molecule has 144 valence electrons. The smallest absolute Gasteiger partial charge is 0.225 e. The molecular formula is C21H27N3O3. The Bertz CT molecular complexity index is 752. The van der Waals surface area contributed by atoms with E-state index in [9.17, 15) is 4.79 Å². The third-order valence-corrected chi connectivity index (χ3v) is 4.99. The number of nitrogens with zero attached hydrogens (tertiary/aromatic N) is 2. The van der Waals surface area contributed by atoms with E-state index < -0.39 is 0 Å². The topological polar surface area (TPSA) is 63.7 Å². The number of benzene rings is 1. The number of anilines is 1. The third kappa shape index (κ3) is 4.98. The summed E-state index contributed by atoms with van der Waals surface area (Å²) in [5.41, 5.74) is 1.89. The molecule has 0 saturated carbocycles. The van der Waals surface area contributed by atoms with Gasteiger partial charge < -0.3 is 14.8 Å². The number of carbonyl (C=O) groups is 1. The van der Waals surface area contributed by atoms with Crippen LogP contribution >= 0.6 is 0 Å². The van der Waals surface area contributed by atoms with Crippen LogP contribution in [0.1, 0.15) is 37.3 Å². The van der Waals surface area contributed by atoms with Crippen LogP contribution in [-0.2, 0) is 4.79 Å². The van der Waals surface area contributed by atoms with Crippen molar-refractivity contribution in [1.82, 2.24) is 9.88 Å². The Kier molecular flexibility index (Phi) is 6.65. The second-order valence-electron chi connectivity index (χ2n) is 6.70. The molecule has 0 spiro atoms. The molecule has 6 heteroatoms. The lowest BCUT2D eigenvalue weighted by Gasteiger charge is -2.35. The molecule has 3 rings (SSSR count). The Morgan fingerprint density at radius 2 is 2.15 bits per heavy atom. The van der Waals surface area contributed by atoms with Crippen LogP contribution in [-0.4, -0.2) is 43.1 Å². The van der Waals surface area contributed by atoms with Gasteiger partial charge in [0.05, 0.1) is 19.9 Å². The van der Waals surface area contributed by atoms with Crippen LogP contribution in [0, 0.1) is 0 Å². The number of hydrogen-bond donors (Lipinski definition) is 1. The van der Waals surface area contributed by atoms with Gasteiger partial charge in [-0.1, -0.05) is 12.5 Å². The van der Waals surface area contributed by atoms with E-state index in [1.165, 1.54) is 18.4 Å². The number of rotatable bonds is 7. The first-order valence-corrected chi connectivity index (χ1v) is 9.37. The number of piperidine rings is 1. The lowest BCUT2D eigenvalue weighted by atomic mass is 9.96. The first kappa shape index (κ1) is 19.2. The van der Waals surface area contributed by atoms with E-state index in [0.717, 1.165) is 19.5 Å². The fourth-order valence-corrected chi connectivity index (χ4v) is 3.57. The maximum Gasteiger partial charge on any atom is 0.225 e. The lowest BCUT2D eigenvalue weighted by Crippen LogP contribution is -2.35. The predicted molar refractivity (Wildman–Crippen MR) is 105 cm³/mol. The fraction of sp³-hybridized carbons (Fsp3) is 0.429. The molecular weight excluding hydrogens is 342 g/mol. The van der Waals surface area contributed by atoms with Crippen LogP contribution < -0.4 is 14.8 Å². The van der Waals surface area contributed by atoms with E-state index in [0.29, 0.717) is 29.6 Å². The standard InChI is InChI=1S/C21H27N3O3/c1-26-17-8-9-18(20(14-17)27-2)23-21(25)10-13-24-12-4-3-7-19(24)16-6-5-11-22-15-16/h5-6,8-9,11,14-15,19H,3-4,7,10,12-13H2,1-2H3,(H,23,25)/t19-/m1/s1. The monoisotopic (exact) mass is 369 g/mol. The van der Waals surface area contributed by atoms with Gasteiger partial charge in [0.15, 0.2) is 0 Å². The largest absolute Gasteiger partial charge is 0.497 e. The Hall–Kier alpha value is -2.60. The van der Waals surface area contributed by atoms with Crippen molar-refractivity contribution in [3.05, 3.63) is 48.3 Å². The predicted octanol–water partition coefficient (Wildman–Crippen LogP) is 3.65. The zero-order valence-corrected chi connectivity index (χ0v) is 16.0. The van der Waals surface area contributed by atoms with E-state index in [2.05, 4.69) is 21.3 Å². The number of hydrogen-bond acceptors (Lipinski definition) is 5. The molecule has 1 fully saturated rings. The van der Waals surface area contributed by atoms with Crippen LogP contribution in [0.3, 0.4) is 0 Å². The van der Waals surface area contributed by atoms with Gasteiger partial charge in [-0.25, -0.2) is 0 Å². The number of aromatic nitrogens is 1. The molecule has 1 saturated heterocycles. The number of pyridine rings is 1. The molecule has 27 heavy (non-hydrogen) atoms. The van der Waals surface area contributed by atoms with Crippen molar-refractivity contribution in [2.45, 2.75) is 31.7 Å². The molecule has 0 radical (unpaired) electrons. The van der Waals surface area contributed by atoms with E-state index in [1.54, 1.807) is 38.6 Å². The molecule has 2 heterocycles. The van der Waals surface area contributed by atoms with E-state index in [-0.39, 0.29) is 5.91 Å². The average molecular weight is 369 g/mol. The summed E-state index contributed by atoms with van der Waals surface area (Å²) in [5, 5.41) is 2.95. The molecule has 1 N–H and O–H groups in total. The zero-order valence-electron chi connectivity index (χ0n) is 16.0. The molecule has 6 nitrogen and oxygen atoms in total. The molecule has 0 aliphatic carbocycles. The number of carbonyl (C=O) groups excluding carboxylic acids is 1. The maximum atomic E-state index is 12.5. The molecule has 1 aromatic heterocycles. The quantitative estimate of drug-likeness (QED) is 0.807. The van der Waals surface area contributed by atoms with Gasteiger partial charge in [-0.2, -0.15) is 0 Å².